The van der Waals surface area contributed by atoms with Crippen molar-refractivity contribution in [1.82, 2.24) is 10.2 Å². The third kappa shape index (κ3) is 4.78. The van der Waals surface area contributed by atoms with Gasteiger partial charge in [-0.05, 0) is 18.1 Å². The molecular weight excluding hydrogens is 364 g/mol. The van der Waals surface area contributed by atoms with Crippen LogP contribution in [-0.4, -0.2) is 56.2 Å². The van der Waals surface area contributed by atoms with Crippen LogP contribution in [0.4, 0.5) is 4.79 Å². The monoisotopic (exact) mass is 384 g/mol. The Morgan fingerprint density at radius 3 is 2.65 bits per heavy atom. The second-order valence-corrected chi connectivity index (χ2v) is 6.45. The van der Waals surface area contributed by atoms with Crippen molar-refractivity contribution in [2.24, 2.45) is 5.92 Å². The normalized spacial score (nSPS) is 13.6. The number of hydrogen-bond acceptors (Lipinski definition) is 6. The average molecular weight is 385 g/mol. The molecule has 9 heteroatoms. The Labute approximate surface area is 156 Å². The third-order valence-electron chi connectivity index (χ3n) is 3.51. The molecule has 1 aromatic rings. The molecule has 0 aromatic heterocycles. The molecule has 1 fully saturated rings. The van der Waals surface area contributed by atoms with E-state index in [-0.39, 0.29) is 28.8 Å². The predicted molar refractivity (Wildman–Crippen MR) is 93.7 cm³/mol. The molecule has 1 aliphatic rings. The highest BCUT2D eigenvalue weighted by Gasteiger charge is 2.27. The summed E-state index contributed by atoms with van der Waals surface area (Å²) in [5.74, 6) is -0.439. The Bertz CT molecular complexity index is 707. The lowest BCUT2D eigenvalue weighted by Crippen LogP contribution is -2.37. The quantitative estimate of drug-likeness (QED) is 0.723. The minimum atomic E-state index is -0.756. The van der Waals surface area contributed by atoms with Crippen LogP contribution in [0.15, 0.2) is 12.1 Å². The van der Waals surface area contributed by atoms with E-state index in [4.69, 9.17) is 25.8 Å². The van der Waals surface area contributed by atoms with Crippen LogP contribution in [0.1, 0.15) is 24.2 Å². The molecule has 0 aliphatic carbocycles. The van der Waals surface area contributed by atoms with Crippen LogP contribution >= 0.6 is 11.6 Å². The summed E-state index contributed by atoms with van der Waals surface area (Å²) in [7, 11) is 1.43. The summed E-state index contributed by atoms with van der Waals surface area (Å²) in [5, 5.41) is 2.69. The van der Waals surface area contributed by atoms with Crippen molar-refractivity contribution in [2.75, 3.05) is 33.4 Å². The fourth-order valence-corrected chi connectivity index (χ4v) is 2.49. The van der Waals surface area contributed by atoms with Gasteiger partial charge in [-0.3, -0.25) is 9.69 Å². The standard InChI is InChI=1S/C17H21ClN2O6/c1-10(2)8-25-15-12(18)6-11(7-13(15)24-3)16(22)26-9-14(21)20-5-4-19-17(20)23/h6-7,10H,4-5,8-9H2,1-3H3,(H,19,23). The molecular formula is C17H21ClN2O6. The average Bonchev–Trinajstić information content (AvgIpc) is 3.03. The van der Waals surface area contributed by atoms with E-state index in [1.54, 1.807) is 0 Å². The second kappa shape index (κ2) is 8.75. The topological polar surface area (TPSA) is 94.2 Å². The van der Waals surface area contributed by atoms with E-state index in [0.29, 0.717) is 18.9 Å². The number of methoxy groups -OCH3 is 1. The van der Waals surface area contributed by atoms with Crippen LogP contribution in [0.2, 0.25) is 5.02 Å². The number of nitrogens with zero attached hydrogens (tertiary/aromatic N) is 1. The van der Waals surface area contributed by atoms with Crippen molar-refractivity contribution in [3.05, 3.63) is 22.7 Å². The molecule has 2 rings (SSSR count). The number of ether oxygens (including phenoxy) is 3. The fraction of sp³-hybridized carbons (Fsp3) is 0.471. The van der Waals surface area contributed by atoms with E-state index >= 15 is 0 Å². The number of carbonyl (C=O) groups excluding carboxylic acids is 3. The fourth-order valence-electron chi connectivity index (χ4n) is 2.23. The number of urea groups is 1. The van der Waals surface area contributed by atoms with Gasteiger partial charge in [0.1, 0.15) is 0 Å². The lowest BCUT2D eigenvalue weighted by atomic mass is 10.2. The molecule has 0 unspecified atom stereocenters. The van der Waals surface area contributed by atoms with Gasteiger partial charge in [-0.15, -0.1) is 0 Å². The van der Waals surface area contributed by atoms with Gasteiger partial charge in [0.05, 0.1) is 24.3 Å². The Balaban J connectivity index is 2.05. The van der Waals surface area contributed by atoms with E-state index < -0.39 is 24.5 Å². The smallest absolute Gasteiger partial charge is 0.338 e. The van der Waals surface area contributed by atoms with Gasteiger partial charge >= 0.3 is 12.0 Å². The number of benzene rings is 1. The SMILES string of the molecule is COc1cc(C(=O)OCC(=O)N2CCNC2=O)cc(Cl)c1OCC(C)C. The van der Waals surface area contributed by atoms with Gasteiger partial charge in [0, 0.05) is 13.1 Å². The number of halogens is 1. The maximum atomic E-state index is 12.2. The van der Waals surface area contributed by atoms with E-state index in [1.807, 2.05) is 13.8 Å². The third-order valence-corrected chi connectivity index (χ3v) is 3.79. The molecule has 8 nitrogen and oxygen atoms in total. The minimum absolute atomic E-state index is 0.113. The van der Waals surface area contributed by atoms with Crippen LogP contribution in [0, 0.1) is 5.92 Å². The summed E-state index contributed by atoms with van der Waals surface area (Å²) in [6, 6.07) is 2.31. The number of imide groups is 1. The molecule has 142 valence electrons. The molecule has 0 atom stereocenters. The molecule has 0 saturated carbocycles. The first kappa shape index (κ1) is 19.8. The van der Waals surface area contributed by atoms with E-state index in [2.05, 4.69) is 5.32 Å². The molecule has 0 bridgehead atoms. The van der Waals surface area contributed by atoms with E-state index in [9.17, 15) is 14.4 Å². The molecule has 1 aromatic carbocycles. The summed E-state index contributed by atoms with van der Waals surface area (Å²) < 4.78 is 15.8. The summed E-state index contributed by atoms with van der Waals surface area (Å²) in [4.78, 5) is 36.5. The maximum Gasteiger partial charge on any atom is 0.338 e. The molecule has 0 radical (unpaired) electrons. The predicted octanol–water partition coefficient (Wildman–Crippen LogP) is 2.09. The van der Waals surface area contributed by atoms with Crippen molar-refractivity contribution in [2.45, 2.75) is 13.8 Å². The lowest BCUT2D eigenvalue weighted by Gasteiger charge is -2.15. The zero-order chi connectivity index (χ0) is 19.3. The molecule has 1 N–H and O–H groups in total. The molecule has 26 heavy (non-hydrogen) atoms. The van der Waals surface area contributed by atoms with Gasteiger partial charge in [-0.1, -0.05) is 25.4 Å². The van der Waals surface area contributed by atoms with Crippen molar-refractivity contribution < 1.29 is 28.6 Å². The zero-order valence-electron chi connectivity index (χ0n) is 14.8. The van der Waals surface area contributed by atoms with Crippen molar-refractivity contribution >= 4 is 29.5 Å². The Morgan fingerprint density at radius 2 is 2.08 bits per heavy atom. The summed E-state index contributed by atoms with van der Waals surface area (Å²) in [6.07, 6.45) is 0. The molecule has 1 heterocycles. The minimum Gasteiger partial charge on any atom is -0.493 e. The highest BCUT2D eigenvalue weighted by molar-refractivity contribution is 6.32. The Kier molecular flexibility index (Phi) is 6.68. The first-order valence-electron chi connectivity index (χ1n) is 8.09. The number of rotatable bonds is 7. The Hall–Kier alpha value is -2.48. The summed E-state index contributed by atoms with van der Waals surface area (Å²) in [5.41, 5.74) is 0.113. The number of nitrogens with one attached hydrogen (secondary N) is 1. The van der Waals surface area contributed by atoms with Gasteiger partial charge in [-0.25, -0.2) is 9.59 Å². The van der Waals surface area contributed by atoms with Crippen LogP contribution in [0.25, 0.3) is 0 Å². The second-order valence-electron chi connectivity index (χ2n) is 6.05. The lowest BCUT2D eigenvalue weighted by molar-refractivity contribution is -0.130. The van der Waals surface area contributed by atoms with Crippen molar-refractivity contribution in [3.8, 4) is 11.5 Å². The Morgan fingerprint density at radius 1 is 1.35 bits per heavy atom. The first-order valence-corrected chi connectivity index (χ1v) is 8.47. The van der Waals surface area contributed by atoms with Gasteiger partial charge in [0.15, 0.2) is 18.1 Å². The maximum absolute atomic E-state index is 12.2. The largest absolute Gasteiger partial charge is 0.493 e. The van der Waals surface area contributed by atoms with E-state index in [0.717, 1.165) is 4.90 Å². The summed E-state index contributed by atoms with van der Waals surface area (Å²) >= 11 is 6.19. The summed E-state index contributed by atoms with van der Waals surface area (Å²) in [6.45, 7) is 4.50. The molecule has 3 amide bonds. The van der Waals surface area contributed by atoms with Crippen LogP contribution in [0.5, 0.6) is 11.5 Å². The first-order chi connectivity index (χ1) is 12.3. The van der Waals surface area contributed by atoms with Gasteiger partial charge in [0.25, 0.3) is 5.91 Å². The van der Waals surface area contributed by atoms with Crippen molar-refractivity contribution in [1.29, 1.82) is 0 Å². The number of hydrogen-bond donors (Lipinski definition) is 1. The van der Waals surface area contributed by atoms with E-state index in [1.165, 1.54) is 19.2 Å². The zero-order valence-corrected chi connectivity index (χ0v) is 15.6. The van der Waals surface area contributed by atoms with Gasteiger partial charge in [0.2, 0.25) is 0 Å². The molecule has 0 spiro atoms. The molecule has 1 saturated heterocycles. The number of amides is 3. The number of esters is 1. The molecule has 1 aliphatic heterocycles. The van der Waals surface area contributed by atoms with Crippen molar-refractivity contribution in [3.63, 3.8) is 0 Å². The number of carbonyl (C=O) groups is 3. The van der Waals surface area contributed by atoms with Crippen LogP contribution < -0.4 is 14.8 Å². The van der Waals surface area contributed by atoms with Crippen LogP contribution in [-0.2, 0) is 9.53 Å². The van der Waals surface area contributed by atoms with Gasteiger partial charge < -0.3 is 19.5 Å². The highest BCUT2D eigenvalue weighted by atomic mass is 35.5. The van der Waals surface area contributed by atoms with Gasteiger partial charge in [-0.2, -0.15) is 0 Å². The highest BCUT2D eigenvalue weighted by Crippen LogP contribution is 2.36. The van der Waals surface area contributed by atoms with Crippen LogP contribution in [0.3, 0.4) is 0 Å².